The van der Waals surface area contributed by atoms with Crippen molar-refractivity contribution in [2.45, 2.75) is 83.7 Å². The van der Waals surface area contributed by atoms with E-state index >= 15 is 0 Å². The predicted octanol–water partition coefficient (Wildman–Crippen LogP) is 7.88. The molecule has 26 heavy (non-hydrogen) atoms. The van der Waals surface area contributed by atoms with Crippen LogP contribution < -0.4 is 0 Å². The van der Waals surface area contributed by atoms with Crippen LogP contribution in [0.3, 0.4) is 0 Å². The van der Waals surface area contributed by atoms with Crippen molar-refractivity contribution >= 4 is 6.08 Å². The summed E-state index contributed by atoms with van der Waals surface area (Å²) in [6, 6.07) is 4.94. The van der Waals surface area contributed by atoms with Crippen molar-refractivity contribution in [1.29, 1.82) is 0 Å². The molecule has 0 radical (unpaired) electrons. The monoisotopic (exact) mass is 514 g/mol. The molecule has 2 aliphatic rings. The first kappa shape index (κ1) is 20.1. The number of benzene rings is 1. The van der Waals surface area contributed by atoms with Gasteiger partial charge in [-0.05, 0) is 0 Å². The van der Waals surface area contributed by atoms with E-state index in [-0.39, 0.29) is 0 Å². The van der Waals surface area contributed by atoms with E-state index in [4.69, 9.17) is 0 Å². The van der Waals surface area contributed by atoms with Gasteiger partial charge in [-0.3, -0.25) is 0 Å². The molecule has 0 bridgehead atoms. The fourth-order valence-electron chi connectivity index (χ4n) is 4.64. The molecule has 3 rings (SSSR count). The first-order chi connectivity index (χ1) is 12.2. The predicted molar refractivity (Wildman–Crippen MR) is 111 cm³/mol. The van der Waals surface area contributed by atoms with Gasteiger partial charge in [-0.15, -0.1) is 0 Å². The first-order valence-electron chi connectivity index (χ1n) is 10.2. The Bertz CT molecular complexity index is 808. The molecule has 1 heteroatoms. The SMILES string of the molecule is CCCCC1[C]([Hf][C]2(C)C(C)=C(C)C(C)=C2C)=Cc2cc(C)c(C)cc21. The summed E-state index contributed by atoms with van der Waals surface area (Å²) in [5, 5.41) is 0. The van der Waals surface area contributed by atoms with Gasteiger partial charge < -0.3 is 0 Å². The van der Waals surface area contributed by atoms with E-state index in [1.165, 1.54) is 36.0 Å². The van der Waals surface area contributed by atoms with E-state index in [0.717, 1.165) is 0 Å². The number of rotatable bonds is 5. The summed E-state index contributed by atoms with van der Waals surface area (Å²) in [6.45, 7) is 18.9. The second-order valence-corrected chi connectivity index (χ2v) is 15.2. The van der Waals surface area contributed by atoms with Gasteiger partial charge in [0.25, 0.3) is 0 Å². The summed E-state index contributed by atoms with van der Waals surface area (Å²) in [4.78, 5) is 0. The Balaban J connectivity index is 2.00. The molecule has 1 aromatic rings. The first-order valence-corrected chi connectivity index (χ1v) is 13.8. The van der Waals surface area contributed by atoms with Crippen LogP contribution in [0.25, 0.3) is 6.08 Å². The summed E-state index contributed by atoms with van der Waals surface area (Å²) in [7, 11) is 0. The molecule has 1 aromatic carbocycles. The Labute approximate surface area is 172 Å². The van der Waals surface area contributed by atoms with Crippen molar-refractivity contribution in [1.82, 2.24) is 0 Å². The van der Waals surface area contributed by atoms with Crippen molar-refractivity contribution < 1.29 is 22.9 Å². The van der Waals surface area contributed by atoms with Gasteiger partial charge >= 0.3 is 173 Å². The van der Waals surface area contributed by atoms with E-state index in [1.807, 2.05) is 3.33 Å². The summed E-state index contributed by atoms with van der Waals surface area (Å²) in [5.74, 6) is 0.700. The van der Waals surface area contributed by atoms with Gasteiger partial charge in [-0.1, -0.05) is 0 Å². The van der Waals surface area contributed by atoms with Crippen molar-refractivity contribution in [2.75, 3.05) is 0 Å². The molecule has 0 saturated heterocycles. The molecule has 0 nitrogen and oxygen atoms in total. The fourth-order valence-corrected chi connectivity index (χ4v) is 11.9. The van der Waals surface area contributed by atoms with Crippen LogP contribution in [0.1, 0.15) is 89.0 Å². The van der Waals surface area contributed by atoms with Crippen molar-refractivity contribution in [3.05, 3.63) is 60.0 Å². The van der Waals surface area contributed by atoms with Gasteiger partial charge in [-0.25, -0.2) is 0 Å². The second-order valence-electron chi connectivity index (χ2n) is 8.61. The third-order valence-electron chi connectivity index (χ3n) is 7.19. The van der Waals surface area contributed by atoms with E-state index in [1.54, 1.807) is 27.9 Å². The third kappa shape index (κ3) is 3.19. The van der Waals surface area contributed by atoms with Crippen LogP contribution in [0.4, 0.5) is 0 Å². The Kier molecular flexibility index (Phi) is 5.69. The van der Waals surface area contributed by atoms with Gasteiger partial charge in [0.1, 0.15) is 0 Å². The van der Waals surface area contributed by atoms with Crippen LogP contribution >= 0.6 is 0 Å². The number of hydrogen-bond donors (Lipinski definition) is 0. The standard InChI is InChI=1S/C15H19.C10H15.Hf/c1-4-5-6-13-7-8-14-9-11(2)12(3)10-15(13)14;1-6-7(2)9(4)10(5)8(6)3;/h8-10,13H,4-6H2,1-3H3;1-5H3;. The second kappa shape index (κ2) is 7.38. The van der Waals surface area contributed by atoms with Crippen LogP contribution in [0, 0.1) is 13.8 Å². The number of unbranched alkanes of at least 4 members (excludes halogenated alkanes) is 1. The normalized spacial score (nSPS) is 21.4. The molecule has 138 valence electrons. The number of fused-ring (bicyclic) bond motifs is 1. The van der Waals surface area contributed by atoms with E-state index < -0.39 is 22.9 Å². The molecule has 0 saturated carbocycles. The zero-order valence-electron chi connectivity index (χ0n) is 17.9. The summed E-state index contributed by atoms with van der Waals surface area (Å²) in [6.07, 6.45) is 6.59. The average Bonchev–Trinajstić information content (AvgIpc) is 2.98. The van der Waals surface area contributed by atoms with Crippen LogP contribution in [0.2, 0.25) is 3.17 Å². The topological polar surface area (TPSA) is 0 Å². The number of aryl methyl sites for hydroxylation is 2. The van der Waals surface area contributed by atoms with Gasteiger partial charge in [0, 0.05) is 0 Å². The van der Waals surface area contributed by atoms with E-state index in [0.29, 0.717) is 9.09 Å². The van der Waals surface area contributed by atoms with Crippen molar-refractivity contribution in [2.24, 2.45) is 0 Å². The molecule has 0 aromatic heterocycles. The molecular formula is C25H34Hf. The van der Waals surface area contributed by atoms with Gasteiger partial charge in [0.15, 0.2) is 0 Å². The van der Waals surface area contributed by atoms with Crippen molar-refractivity contribution in [3.8, 4) is 0 Å². The average molecular weight is 513 g/mol. The number of hydrogen-bond acceptors (Lipinski definition) is 0. The summed E-state index contributed by atoms with van der Waals surface area (Å²) in [5.41, 5.74) is 12.5. The Morgan fingerprint density at radius 3 is 2.08 bits per heavy atom. The van der Waals surface area contributed by atoms with Crippen LogP contribution in [0.15, 0.2) is 37.8 Å². The van der Waals surface area contributed by atoms with Crippen LogP contribution in [0.5, 0.6) is 0 Å². The van der Waals surface area contributed by atoms with Crippen LogP contribution in [-0.4, -0.2) is 0 Å². The zero-order valence-corrected chi connectivity index (χ0v) is 21.5. The third-order valence-corrected chi connectivity index (χ3v) is 14.5. The maximum atomic E-state index is 2.61. The molecule has 0 N–H and O–H groups in total. The minimum absolute atomic E-state index is 0.386. The summed E-state index contributed by atoms with van der Waals surface area (Å²) >= 11 is -1.04. The minimum atomic E-state index is -1.04. The quantitative estimate of drug-likeness (QED) is 0.352. The molecule has 0 spiro atoms. The molecular weight excluding hydrogens is 479 g/mol. The Morgan fingerprint density at radius 2 is 1.50 bits per heavy atom. The van der Waals surface area contributed by atoms with Crippen LogP contribution in [-0.2, 0) is 22.9 Å². The molecule has 0 aliphatic heterocycles. The van der Waals surface area contributed by atoms with E-state index in [2.05, 4.69) is 73.6 Å². The molecule has 1 unspecified atom stereocenters. The molecule has 0 heterocycles. The Morgan fingerprint density at radius 1 is 0.923 bits per heavy atom. The van der Waals surface area contributed by atoms with Gasteiger partial charge in [0.2, 0.25) is 0 Å². The molecule has 2 aliphatic carbocycles. The molecule has 0 amide bonds. The summed E-state index contributed by atoms with van der Waals surface area (Å²) < 4.78 is 2.23. The number of allylic oxidation sites excluding steroid dienone is 5. The fraction of sp³-hybridized carbons (Fsp3) is 0.520. The molecule has 1 atom stereocenters. The molecule has 0 fully saturated rings. The Hall–Kier alpha value is -0.690. The zero-order chi connectivity index (χ0) is 19.2. The van der Waals surface area contributed by atoms with Gasteiger partial charge in [-0.2, -0.15) is 0 Å². The van der Waals surface area contributed by atoms with E-state index in [9.17, 15) is 0 Å². The van der Waals surface area contributed by atoms with Crippen molar-refractivity contribution in [3.63, 3.8) is 0 Å². The van der Waals surface area contributed by atoms with Gasteiger partial charge in [0.05, 0.1) is 0 Å². The maximum absolute atomic E-state index is 2.61.